The van der Waals surface area contributed by atoms with E-state index < -0.39 is 0 Å². The van der Waals surface area contributed by atoms with Gasteiger partial charge in [0, 0.05) is 18.8 Å². The Bertz CT molecular complexity index is 382. The molecule has 2 N–H and O–H groups in total. The highest BCUT2D eigenvalue weighted by atomic mass is 16.3. The van der Waals surface area contributed by atoms with E-state index in [-0.39, 0.29) is 6.61 Å². The van der Waals surface area contributed by atoms with Gasteiger partial charge in [-0.15, -0.1) is 0 Å². The van der Waals surface area contributed by atoms with E-state index in [0.717, 1.165) is 11.3 Å². The molecule has 4 nitrogen and oxygen atoms in total. The molecule has 0 fully saturated rings. The molecule has 0 aliphatic carbocycles. The highest BCUT2D eigenvalue weighted by Gasteiger charge is 2.07. The Morgan fingerprint density at radius 3 is 2.87 bits per heavy atom. The normalized spacial score (nSPS) is 9.73. The summed E-state index contributed by atoms with van der Waals surface area (Å²) in [6, 6.07) is 4.02. The first-order chi connectivity index (χ1) is 7.19. The summed E-state index contributed by atoms with van der Waals surface area (Å²) in [4.78, 5) is 4.26. The Labute approximate surface area is 89.6 Å². The van der Waals surface area contributed by atoms with Gasteiger partial charge in [0.25, 0.3) is 0 Å². The third-order valence-electron chi connectivity index (χ3n) is 2.08. The van der Waals surface area contributed by atoms with Crippen LogP contribution in [0.25, 0.3) is 0 Å². The third kappa shape index (κ3) is 2.93. The van der Waals surface area contributed by atoms with Crippen molar-refractivity contribution in [3.8, 4) is 6.07 Å². The lowest BCUT2D eigenvalue weighted by Crippen LogP contribution is -2.08. The number of nitrogens with one attached hydrogen (secondary N) is 1. The molecule has 0 saturated carbocycles. The summed E-state index contributed by atoms with van der Waals surface area (Å²) in [6.07, 6.45) is 0.652. The van der Waals surface area contributed by atoms with Crippen molar-refractivity contribution in [2.75, 3.05) is 18.5 Å². The second-order valence-electron chi connectivity index (χ2n) is 3.42. The summed E-state index contributed by atoms with van der Waals surface area (Å²) in [7, 11) is 0. The summed E-state index contributed by atoms with van der Waals surface area (Å²) < 4.78 is 0. The van der Waals surface area contributed by atoms with Gasteiger partial charge < -0.3 is 10.4 Å². The summed E-state index contributed by atoms with van der Waals surface area (Å²) in [5.74, 6) is 0.614. The van der Waals surface area contributed by atoms with Gasteiger partial charge in [0.05, 0.1) is 5.56 Å². The molecule has 1 heterocycles. The van der Waals surface area contributed by atoms with Crippen LogP contribution in [0.1, 0.15) is 23.2 Å². The zero-order valence-electron chi connectivity index (χ0n) is 9.04. The number of aryl methyl sites for hydroxylation is 2. The molecule has 0 radical (unpaired) electrons. The molecule has 15 heavy (non-hydrogen) atoms. The molecule has 0 saturated heterocycles. The van der Waals surface area contributed by atoms with Crippen LogP contribution in [-0.4, -0.2) is 23.2 Å². The molecule has 0 aliphatic heterocycles. The quantitative estimate of drug-likeness (QED) is 0.728. The van der Waals surface area contributed by atoms with Crippen molar-refractivity contribution in [3.63, 3.8) is 0 Å². The molecule has 0 spiro atoms. The number of aliphatic hydroxyl groups excluding tert-OH is 1. The second kappa shape index (κ2) is 5.32. The first-order valence-electron chi connectivity index (χ1n) is 4.92. The van der Waals surface area contributed by atoms with Gasteiger partial charge in [0.15, 0.2) is 0 Å². The number of nitriles is 1. The first-order valence-corrected chi connectivity index (χ1v) is 4.92. The van der Waals surface area contributed by atoms with Gasteiger partial charge in [-0.2, -0.15) is 5.26 Å². The number of aromatic nitrogens is 1. The third-order valence-corrected chi connectivity index (χ3v) is 2.08. The molecule has 0 bridgehead atoms. The molecule has 80 valence electrons. The van der Waals surface area contributed by atoms with Crippen molar-refractivity contribution in [1.29, 1.82) is 5.26 Å². The average Bonchev–Trinajstić information content (AvgIpc) is 2.17. The summed E-state index contributed by atoms with van der Waals surface area (Å²) >= 11 is 0. The maximum Gasteiger partial charge on any atom is 0.144 e. The predicted molar refractivity (Wildman–Crippen MR) is 58.6 cm³/mol. The Hall–Kier alpha value is -1.60. The lowest BCUT2D eigenvalue weighted by Gasteiger charge is -2.09. The van der Waals surface area contributed by atoms with Crippen molar-refractivity contribution in [1.82, 2.24) is 4.98 Å². The summed E-state index contributed by atoms with van der Waals surface area (Å²) in [5, 5.41) is 20.7. The highest BCUT2D eigenvalue weighted by molar-refractivity contribution is 5.56. The van der Waals surface area contributed by atoms with Gasteiger partial charge in [-0.25, -0.2) is 4.98 Å². The lowest BCUT2D eigenvalue weighted by atomic mass is 10.1. The van der Waals surface area contributed by atoms with Crippen LogP contribution < -0.4 is 5.32 Å². The predicted octanol–water partition coefficient (Wildman–Crippen LogP) is 1.36. The van der Waals surface area contributed by atoms with E-state index in [1.807, 2.05) is 19.9 Å². The molecule has 0 atom stereocenters. The van der Waals surface area contributed by atoms with Crippen LogP contribution in [0.4, 0.5) is 5.82 Å². The zero-order valence-corrected chi connectivity index (χ0v) is 9.04. The molecule has 4 heteroatoms. The van der Waals surface area contributed by atoms with Gasteiger partial charge in [-0.05, 0) is 31.9 Å². The second-order valence-corrected chi connectivity index (χ2v) is 3.42. The summed E-state index contributed by atoms with van der Waals surface area (Å²) in [5.41, 5.74) is 2.40. The van der Waals surface area contributed by atoms with Crippen LogP contribution in [0.15, 0.2) is 6.07 Å². The monoisotopic (exact) mass is 205 g/mol. The Morgan fingerprint density at radius 2 is 2.27 bits per heavy atom. The number of pyridine rings is 1. The van der Waals surface area contributed by atoms with Crippen molar-refractivity contribution in [2.24, 2.45) is 0 Å². The molecular weight excluding hydrogens is 190 g/mol. The lowest BCUT2D eigenvalue weighted by molar-refractivity contribution is 0.292. The Balaban J connectivity index is 2.90. The van der Waals surface area contributed by atoms with E-state index in [9.17, 15) is 0 Å². The Kier molecular flexibility index (Phi) is 4.07. The topological polar surface area (TPSA) is 68.9 Å². The smallest absolute Gasteiger partial charge is 0.144 e. The van der Waals surface area contributed by atoms with E-state index in [0.29, 0.717) is 24.3 Å². The number of rotatable bonds is 4. The molecule has 0 aromatic carbocycles. The molecule has 0 aliphatic rings. The van der Waals surface area contributed by atoms with Crippen LogP contribution in [0.5, 0.6) is 0 Å². The molecule has 0 amide bonds. The highest BCUT2D eigenvalue weighted by Crippen LogP contribution is 2.17. The van der Waals surface area contributed by atoms with Crippen LogP contribution in [0, 0.1) is 25.2 Å². The molecule has 1 aromatic rings. The molecule has 1 rings (SSSR count). The first kappa shape index (κ1) is 11.5. The molecule has 0 unspecified atom stereocenters. The minimum Gasteiger partial charge on any atom is -0.396 e. The number of nitrogens with zero attached hydrogens (tertiary/aromatic N) is 2. The Morgan fingerprint density at radius 1 is 1.53 bits per heavy atom. The number of hydrogen-bond donors (Lipinski definition) is 2. The van der Waals surface area contributed by atoms with Gasteiger partial charge in [0.2, 0.25) is 0 Å². The van der Waals surface area contributed by atoms with E-state index in [1.165, 1.54) is 0 Å². The SMILES string of the molecule is Cc1cc(C)c(C#N)c(NCCCO)n1. The fourth-order valence-corrected chi connectivity index (χ4v) is 1.39. The van der Waals surface area contributed by atoms with Crippen molar-refractivity contribution >= 4 is 5.82 Å². The fraction of sp³-hybridized carbons (Fsp3) is 0.455. The summed E-state index contributed by atoms with van der Waals surface area (Å²) in [6.45, 7) is 4.55. The molecule has 1 aromatic heterocycles. The number of hydrogen-bond acceptors (Lipinski definition) is 4. The van der Waals surface area contributed by atoms with Gasteiger partial charge in [-0.1, -0.05) is 0 Å². The standard InChI is InChI=1S/C11H15N3O/c1-8-6-9(2)14-11(10(8)7-12)13-4-3-5-15/h6,15H,3-5H2,1-2H3,(H,13,14). The largest absolute Gasteiger partial charge is 0.396 e. The van der Waals surface area contributed by atoms with Crippen molar-refractivity contribution in [2.45, 2.75) is 20.3 Å². The van der Waals surface area contributed by atoms with Crippen molar-refractivity contribution in [3.05, 3.63) is 22.9 Å². The van der Waals surface area contributed by atoms with Crippen molar-refractivity contribution < 1.29 is 5.11 Å². The van der Waals surface area contributed by atoms with E-state index in [1.54, 1.807) is 0 Å². The van der Waals surface area contributed by atoms with E-state index >= 15 is 0 Å². The van der Waals surface area contributed by atoms with Gasteiger partial charge >= 0.3 is 0 Å². The minimum atomic E-state index is 0.139. The number of anilines is 1. The number of aliphatic hydroxyl groups is 1. The maximum atomic E-state index is 8.97. The van der Waals surface area contributed by atoms with Crippen LogP contribution >= 0.6 is 0 Å². The van der Waals surface area contributed by atoms with Crippen LogP contribution in [0.3, 0.4) is 0 Å². The van der Waals surface area contributed by atoms with Gasteiger partial charge in [-0.3, -0.25) is 0 Å². The van der Waals surface area contributed by atoms with Gasteiger partial charge in [0.1, 0.15) is 11.9 Å². The zero-order chi connectivity index (χ0) is 11.3. The fourth-order valence-electron chi connectivity index (χ4n) is 1.39. The maximum absolute atomic E-state index is 8.97. The molecular formula is C11H15N3O. The van der Waals surface area contributed by atoms with Crippen LogP contribution in [0.2, 0.25) is 0 Å². The minimum absolute atomic E-state index is 0.139. The van der Waals surface area contributed by atoms with Crippen LogP contribution in [-0.2, 0) is 0 Å². The van der Waals surface area contributed by atoms with E-state index in [2.05, 4.69) is 16.4 Å². The average molecular weight is 205 g/mol. The van der Waals surface area contributed by atoms with E-state index in [4.69, 9.17) is 10.4 Å².